The Kier molecular flexibility index (Phi) is 6.03. The van der Waals surface area contributed by atoms with Crippen molar-refractivity contribution in [2.45, 2.75) is 58.6 Å². The molecular weight excluding hydrogens is 374 g/mol. The van der Waals surface area contributed by atoms with Crippen molar-refractivity contribution in [3.63, 3.8) is 0 Å². The number of aryl methyl sites for hydroxylation is 1. The second-order valence-electron chi connectivity index (χ2n) is 8.00. The molecule has 2 amide bonds. The Balaban J connectivity index is 1.67. The number of piperidine rings is 1. The highest BCUT2D eigenvalue weighted by atomic mass is 32.1. The molecule has 150 valence electrons. The highest BCUT2D eigenvalue weighted by molar-refractivity contribution is 7.09. The molecule has 28 heavy (non-hydrogen) atoms. The molecule has 2 heterocycles. The largest absolute Gasteiger partial charge is 0.444 e. The van der Waals surface area contributed by atoms with Crippen LogP contribution >= 0.6 is 11.3 Å². The van der Waals surface area contributed by atoms with Crippen LogP contribution in [0, 0.1) is 6.92 Å². The Labute approximate surface area is 169 Å². The van der Waals surface area contributed by atoms with Crippen molar-refractivity contribution in [1.29, 1.82) is 0 Å². The summed E-state index contributed by atoms with van der Waals surface area (Å²) in [5.41, 5.74) is 2.06. The molecule has 1 fully saturated rings. The maximum atomic E-state index is 12.8. The fourth-order valence-electron chi connectivity index (χ4n) is 3.19. The minimum absolute atomic E-state index is 0.178. The van der Waals surface area contributed by atoms with Crippen LogP contribution in [0.4, 0.5) is 10.5 Å². The zero-order valence-electron chi connectivity index (χ0n) is 16.8. The third kappa shape index (κ3) is 5.10. The van der Waals surface area contributed by atoms with E-state index in [1.807, 2.05) is 57.3 Å². The normalized spacial score (nSPS) is 17.3. The van der Waals surface area contributed by atoms with E-state index in [-0.39, 0.29) is 5.91 Å². The van der Waals surface area contributed by atoms with Crippen LogP contribution in [0.3, 0.4) is 0 Å². The van der Waals surface area contributed by atoms with Gasteiger partial charge in [0.25, 0.3) is 0 Å². The van der Waals surface area contributed by atoms with E-state index in [1.165, 1.54) is 0 Å². The van der Waals surface area contributed by atoms with Crippen LogP contribution in [0.2, 0.25) is 0 Å². The third-order valence-electron chi connectivity index (χ3n) is 4.50. The van der Waals surface area contributed by atoms with Gasteiger partial charge in [0.05, 0.1) is 10.7 Å². The van der Waals surface area contributed by atoms with Crippen LogP contribution in [0.5, 0.6) is 0 Å². The SMILES string of the molecule is Cc1nc(-c2ccc(NC(=O)C3CCCCN3C(=O)OC(C)(C)C)cc2)cs1. The molecule has 1 unspecified atom stereocenters. The summed E-state index contributed by atoms with van der Waals surface area (Å²) in [6.07, 6.45) is 2.01. The van der Waals surface area contributed by atoms with Gasteiger partial charge in [0.15, 0.2) is 0 Å². The maximum absolute atomic E-state index is 12.8. The van der Waals surface area contributed by atoms with Crippen LogP contribution in [-0.4, -0.2) is 40.1 Å². The fraction of sp³-hybridized carbons (Fsp3) is 0.476. The van der Waals surface area contributed by atoms with E-state index in [9.17, 15) is 9.59 Å². The Hall–Kier alpha value is -2.41. The van der Waals surface area contributed by atoms with Crippen molar-refractivity contribution >= 4 is 29.0 Å². The number of hydrogen-bond donors (Lipinski definition) is 1. The van der Waals surface area contributed by atoms with Gasteiger partial charge in [-0.3, -0.25) is 9.69 Å². The molecule has 6 nitrogen and oxygen atoms in total. The number of ether oxygens (including phenoxy) is 1. The molecule has 2 aromatic rings. The van der Waals surface area contributed by atoms with Gasteiger partial charge in [0.2, 0.25) is 5.91 Å². The van der Waals surface area contributed by atoms with Crippen molar-refractivity contribution in [1.82, 2.24) is 9.88 Å². The van der Waals surface area contributed by atoms with Gasteiger partial charge in [-0.2, -0.15) is 0 Å². The molecule has 1 aromatic heterocycles. The quantitative estimate of drug-likeness (QED) is 0.798. The number of rotatable bonds is 3. The molecule has 0 aliphatic carbocycles. The lowest BCUT2D eigenvalue weighted by Crippen LogP contribution is -2.51. The van der Waals surface area contributed by atoms with Gasteiger partial charge < -0.3 is 10.1 Å². The Morgan fingerprint density at radius 2 is 1.93 bits per heavy atom. The van der Waals surface area contributed by atoms with Crippen LogP contribution in [0.25, 0.3) is 11.3 Å². The van der Waals surface area contributed by atoms with Crippen molar-refractivity contribution in [3.05, 3.63) is 34.7 Å². The number of anilines is 1. The van der Waals surface area contributed by atoms with Crippen LogP contribution in [0.1, 0.15) is 45.0 Å². The third-order valence-corrected chi connectivity index (χ3v) is 5.27. The summed E-state index contributed by atoms with van der Waals surface area (Å²) in [6, 6.07) is 7.10. The first kappa shape index (κ1) is 20.3. The molecule has 1 saturated heterocycles. The Bertz CT molecular complexity index is 839. The number of likely N-dealkylation sites (tertiary alicyclic amines) is 1. The highest BCUT2D eigenvalue weighted by Crippen LogP contribution is 2.25. The number of amides is 2. The summed E-state index contributed by atoms with van der Waals surface area (Å²) >= 11 is 1.61. The lowest BCUT2D eigenvalue weighted by molar-refractivity contribution is -0.122. The smallest absolute Gasteiger partial charge is 0.410 e. The van der Waals surface area contributed by atoms with Gasteiger partial charge in [-0.15, -0.1) is 11.3 Å². The van der Waals surface area contributed by atoms with E-state index in [0.29, 0.717) is 18.7 Å². The molecule has 1 aliphatic heterocycles. The van der Waals surface area contributed by atoms with E-state index >= 15 is 0 Å². The standard InChI is InChI=1S/C21H27N3O3S/c1-14-22-17(13-28-14)15-8-10-16(11-9-15)23-19(25)18-7-5-6-12-24(18)20(26)27-21(2,3)4/h8-11,13,18H,5-7,12H2,1-4H3,(H,23,25). The van der Waals surface area contributed by atoms with Crippen molar-refractivity contribution in [3.8, 4) is 11.3 Å². The second kappa shape index (κ2) is 8.31. The molecule has 1 aliphatic rings. The Morgan fingerprint density at radius 3 is 2.54 bits per heavy atom. The number of hydrogen-bond acceptors (Lipinski definition) is 5. The van der Waals surface area contributed by atoms with E-state index in [2.05, 4.69) is 10.3 Å². The van der Waals surface area contributed by atoms with Gasteiger partial charge in [0.1, 0.15) is 11.6 Å². The number of aromatic nitrogens is 1. The molecule has 3 rings (SSSR count). The minimum atomic E-state index is -0.584. The number of benzene rings is 1. The van der Waals surface area contributed by atoms with Crippen LogP contribution < -0.4 is 5.32 Å². The van der Waals surface area contributed by atoms with Gasteiger partial charge in [0, 0.05) is 23.2 Å². The summed E-state index contributed by atoms with van der Waals surface area (Å²) in [4.78, 5) is 31.4. The predicted molar refractivity (Wildman–Crippen MR) is 111 cm³/mol. The molecule has 0 bridgehead atoms. The van der Waals surface area contributed by atoms with Gasteiger partial charge in [-0.1, -0.05) is 12.1 Å². The number of nitrogens with zero attached hydrogens (tertiary/aromatic N) is 2. The number of carbonyl (C=O) groups excluding carboxylic acids is 2. The molecule has 0 radical (unpaired) electrons. The van der Waals surface area contributed by atoms with E-state index in [4.69, 9.17) is 4.74 Å². The number of carbonyl (C=O) groups is 2. The summed E-state index contributed by atoms with van der Waals surface area (Å²) < 4.78 is 5.48. The van der Waals surface area contributed by atoms with Crippen LogP contribution in [0.15, 0.2) is 29.6 Å². The molecule has 0 saturated carbocycles. The van der Waals surface area contributed by atoms with Crippen LogP contribution in [-0.2, 0) is 9.53 Å². The first-order chi connectivity index (χ1) is 13.2. The number of nitrogens with one attached hydrogen (secondary N) is 1. The monoisotopic (exact) mass is 401 g/mol. The van der Waals surface area contributed by atoms with Crippen molar-refractivity contribution in [2.75, 3.05) is 11.9 Å². The molecular formula is C21H27N3O3S. The lowest BCUT2D eigenvalue weighted by Gasteiger charge is -2.35. The average Bonchev–Trinajstić information content (AvgIpc) is 3.07. The second-order valence-corrected chi connectivity index (χ2v) is 9.07. The summed E-state index contributed by atoms with van der Waals surface area (Å²) in [7, 11) is 0. The molecule has 7 heteroatoms. The fourth-order valence-corrected chi connectivity index (χ4v) is 3.81. The Morgan fingerprint density at radius 1 is 1.21 bits per heavy atom. The summed E-state index contributed by atoms with van der Waals surface area (Å²) in [5.74, 6) is -0.178. The van der Waals surface area contributed by atoms with Gasteiger partial charge >= 0.3 is 6.09 Å². The van der Waals surface area contributed by atoms with E-state index in [1.54, 1.807) is 16.2 Å². The lowest BCUT2D eigenvalue weighted by atomic mass is 10.0. The van der Waals surface area contributed by atoms with E-state index < -0.39 is 17.7 Å². The molecule has 1 N–H and O–H groups in total. The first-order valence-electron chi connectivity index (χ1n) is 9.56. The maximum Gasteiger partial charge on any atom is 0.410 e. The first-order valence-corrected chi connectivity index (χ1v) is 10.4. The molecule has 1 atom stereocenters. The van der Waals surface area contributed by atoms with Crippen molar-refractivity contribution < 1.29 is 14.3 Å². The highest BCUT2D eigenvalue weighted by Gasteiger charge is 2.34. The summed E-state index contributed by atoms with van der Waals surface area (Å²) in [5, 5.41) is 5.97. The average molecular weight is 402 g/mol. The van der Waals surface area contributed by atoms with E-state index in [0.717, 1.165) is 29.1 Å². The molecule has 1 aromatic carbocycles. The summed E-state index contributed by atoms with van der Waals surface area (Å²) in [6.45, 7) is 8.00. The molecule has 0 spiro atoms. The predicted octanol–water partition coefficient (Wildman–Crippen LogP) is 4.85. The van der Waals surface area contributed by atoms with Gasteiger partial charge in [-0.25, -0.2) is 9.78 Å². The number of thiazole rings is 1. The van der Waals surface area contributed by atoms with Gasteiger partial charge in [-0.05, 0) is 59.1 Å². The minimum Gasteiger partial charge on any atom is -0.444 e. The zero-order valence-corrected chi connectivity index (χ0v) is 17.6. The van der Waals surface area contributed by atoms with Crippen molar-refractivity contribution in [2.24, 2.45) is 0 Å². The topological polar surface area (TPSA) is 71.5 Å². The zero-order chi connectivity index (χ0) is 20.3.